The van der Waals surface area contributed by atoms with Crippen LogP contribution in [0.1, 0.15) is 10.4 Å². The van der Waals surface area contributed by atoms with E-state index >= 15 is 0 Å². The van der Waals surface area contributed by atoms with Crippen LogP contribution in [0.15, 0.2) is 41.4 Å². The van der Waals surface area contributed by atoms with Crippen molar-refractivity contribution in [3.8, 4) is 0 Å². The van der Waals surface area contributed by atoms with Gasteiger partial charge >= 0.3 is 0 Å². The summed E-state index contributed by atoms with van der Waals surface area (Å²) in [6, 6.07) is 9.11. The lowest BCUT2D eigenvalue weighted by Gasteiger charge is -1.97. The fourth-order valence-corrected chi connectivity index (χ4v) is 1.84. The molecular formula is C10H9BrN2OS. The second-order valence-corrected chi connectivity index (χ2v) is 3.81. The monoisotopic (exact) mass is 284 g/mol. The molecule has 1 aliphatic heterocycles. The third-order valence-electron chi connectivity index (χ3n) is 1.90. The van der Waals surface area contributed by atoms with E-state index in [9.17, 15) is 4.79 Å². The Morgan fingerprint density at radius 1 is 1.27 bits per heavy atom. The van der Waals surface area contributed by atoms with Crippen molar-refractivity contribution in [3.05, 3.63) is 47.0 Å². The van der Waals surface area contributed by atoms with Crippen molar-refractivity contribution in [3.63, 3.8) is 0 Å². The number of benzene rings is 1. The Labute approximate surface area is 102 Å². The van der Waals surface area contributed by atoms with Crippen molar-refractivity contribution >= 4 is 22.7 Å². The molecule has 1 aromatic rings. The third kappa shape index (κ3) is 2.77. The number of carbonyl (C=O) groups is 1. The van der Waals surface area contributed by atoms with Crippen LogP contribution in [0.3, 0.4) is 0 Å². The van der Waals surface area contributed by atoms with Crippen LogP contribution >= 0.6 is 11.8 Å². The Morgan fingerprint density at radius 3 is 2.47 bits per heavy atom. The van der Waals surface area contributed by atoms with E-state index in [0.29, 0.717) is 16.4 Å². The zero-order valence-corrected chi connectivity index (χ0v) is 10.1. The molecule has 0 spiro atoms. The molecule has 0 saturated heterocycles. The Balaban J connectivity index is 0.00000112. The maximum absolute atomic E-state index is 11.8. The molecule has 0 amide bonds. The second-order valence-electron chi connectivity index (χ2n) is 2.89. The Hall–Kier alpha value is -0.910. The Morgan fingerprint density at radius 2 is 1.93 bits per heavy atom. The first kappa shape index (κ1) is 12.2. The van der Waals surface area contributed by atoms with Crippen LogP contribution in [-0.4, -0.2) is 11.0 Å². The zero-order chi connectivity index (χ0) is 9.97. The first-order valence-electron chi connectivity index (χ1n) is 4.17. The summed E-state index contributed by atoms with van der Waals surface area (Å²) in [5, 5.41) is 11.1. The Bertz CT molecular complexity index is 417. The van der Waals surface area contributed by atoms with Gasteiger partial charge in [-0.25, -0.2) is 5.41 Å². The number of thioether (sulfide) groups is 1. The van der Waals surface area contributed by atoms with Gasteiger partial charge in [-0.05, 0) is 11.8 Å². The number of nitrogens with two attached hydrogens (primary N) is 1. The van der Waals surface area contributed by atoms with E-state index < -0.39 is 0 Å². The molecule has 1 heterocycles. The summed E-state index contributed by atoms with van der Waals surface area (Å²) < 4.78 is 0. The number of hydrogen-bond donors (Lipinski definition) is 2. The number of hydrogen-bond acceptors (Lipinski definition) is 3. The normalized spacial score (nSPS) is 14.4. The Kier molecular flexibility index (Phi) is 4.26. The smallest absolute Gasteiger partial charge is 0.262 e. The summed E-state index contributed by atoms with van der Waals surface area (Å²) in [4.78, 5) is 11.8. The lowest BCUT2D eigenvalue weighted by molar-refractivity contribution is -0.468. The van der Waals surface area contributed by atoms with Gasteiger partial charge in [-0.3, -0.25) is 10.1 Å². The number of rotatable bonds is 2. The summed E-state index contributed by atoms with van der Waals surface area (Å²) in [7, 11) is 0. The molecule has 0 radical (unpaired) electrons. The van der Waals surface area contributed by atoms with E-state index in [1.54, 1.807) is 22.9 Å². The predicted octanol–water partition coefficient (Wildman–Crippen LogP) is -2.04. The minimum Gasteiger partial charge on any atom is -1.00 e. The summed E-state index contributed by atoms with van der Waals surface area (Å²) in [5.41, 5.74) is 1.27. The van der Waals surface area contributed by atoms with Gasteiger partial charge in [-0.15, -0.1) is 0 Å². The highest BCUT2D eigenvalue weighted by Gasteiger charge is 2.23. The van der Waals surface area contributed by atoms with Crippen molar-refractivity contribution in [2.45, 2.75) is 0 Å². The highest BCUT2D eigenvalue weighted by Crippen LogP contribution is 2.12. The zero-order valence-electron chi connectivity index (χ0n) is 7.74. The average Bonchev–Trinajstić information content (AvgIpc) is 2.65. The van der Waals surface area contributed by atoms with Gasteiger partial charge in [0.1, 0.15) is 0 Å². The highest BCUT2D eigenvalue weighted by molar-refractivity contribution is 8.16. The lowest BCUT2D eigenvalue weighted by Crippen LogP contribution is -3.00. The van der Waals surface area contributed by atoms with Crippen molar-refractivity contribution in [2.24, 2.45) is 0 Å². The fourth-order valence-electron chi connectivity index (χ4n) is 1.21. The third-order valence-corrected chi connectivity index (χ3v) is 2.64. The maximum Gasteiger partial charge on any atom is 0.262 e. The van der Waals surface area contributed by atoms with E-state index in [-0.39, 0.29) is 22.8 Å². The molecule has 5 heteroatoms. The van der Waals surface area contributed by atoms with Gasteiger partial charge in [0.05, 0.1) is 0 Å². The fraction of sp³-hybridized carbons (Fsp3) is 0. The van der Waals surface area contributed by atoms with Gasteiger partial charge in [0.15, 0.2) is 5.70 Å². The van der Waals surface area contributed by atoms with Gasteiger partial charge < -0.3 is 17.0 Å². The van der Waals surface area contributed by atoms with Gasteiger partial charge in [-0.2, -0.15) is 0 Å². The maximum atomic E-state index is 11.8. The van der Waals surface area contributed by atoms with Crippen LogP contribution in [0.4, 0.5) is 0 Å². The van der Waals surface area contributed by atoms with E-state index in [0.717, 1.165) is 0 Å². The molecule has 78 valence electrons. The van der Waals surface area contributed by atoms with Crippen LogP contribution in [0.2, 0.25) is 0 Å². The molecule has 0 unspecified atom stereocenters. The number of halogens is 1. The van der Waals surface area contributed by atoms with E-state index in [2.05, 4.69) is 0 Å². The first-order chi connectivity index (χ1) is 6.77. The van der Waals surface area contributed by atoms with Crippen molar-refractivity contribution in [1.82, 2.24) is 0 Å². The number of amidine groups is 1. The molecule has 1 aliphatic rings. The number of Topliss-reactive ketones (excluding diaryl/α,β-unsaturated/α-hetero) is 1. The van der Waals surface area contributed by atoms with Crippen LogP contribution in [0.5, 0.6) is 0 Å². The molecule has 3 N–H and O–H groups in total. The van der Waals surface area contributed by atoms with Crippen molar-refractivity contribution in [2.75, 3.05) is 0 Å². The molecule has 2 rings (SSSR count). The van der Waals surface area contributed by atoms with Crippen LogP contribution in [-0.2, 0) is 0 Å². The van der Waals surface area contributed by atoms with Crippen molar-refractivity contribution in [1.29, 1.82) is 5.41 Å². The lowest BCUT2D eigenvalue weighted by atomic mass is 10.1. The second kappa shape index (κ2) is 5.25. The van der Waals surface area contributed by atoms with E-state index in [1.165, 1.54) is 11.8 Å². The standard InChI is InChI=1S/C10H8N2OS.BrH/c11-10-12-8(6-14-10)9(13)7-4-2-1-3-5-7;/h1-6H,(H2,11,12);1H. The van der Waals surface area contributed by atoms with Gasteiger partial charge in [0.2, 0.25) is 5.78 Å². The molecule has 0 saturated carbocycles. The number of allylic oxidation sites excluding steroid dienone is 1. The molecule has 0 aliphatic carbocycles. The summed E-state index contributed by atoms with van der Waals surface area (Å²) in [6.45, 7) is 0. The quantitative estimate of drug-likeness (QED) is 0.615. The molecular weight excluding hydrogens is 276 g/mol. The summed E-state index contributed by atoms with van der Waals surface area (Å²) in [5.74, 6) is -0.0136. The molecule has 0 fully saturated rings. The number of quaternary nitrogens is 1. The van der Waals surface area contributed by atoms with Gasteiger partial charge in [0, 0.05) is 11.0 Å². The molecule has 3 nitrogen and oxygen atoms in total. The molecule has 1 aromatic carbocycles. The molecule has 0 atom stereocenters. The topological polar surface area (TPSA) is 57.5 Å². The first-order valence-corrected chi connectivity index (χ1v) is 5.05. The van der Waals surface area contributed by atoms with Gasteiger partial charge in [-0.1, -0.05) is 30.3 Å². The SMILES string of the molecule is N=C1[NH2+]C(C(=O)c2ccccc2)=CS1.[Br-]. The van der Waals surface area contributed by atoms with Gasteiger partial charge in [0.25, 0.3) is 5.17 Å². The van der Waals surface area contributed by atoms with Crippen LogP contribution < -0.4 is 22.3 Å². The minimum absolute atomic E-state index is 0. The minimum atomic E-state index is -0.0136. The van der Waals surface area contributed by atoms with Crippen LogP contribution in [0, 0.1) is 5.41 Å². The van der Waals surface area contributed by atoms with Crippen LogP contribution in [0.25, 0.3) is 0 Å². The summed E-state index contributed by atoms with van der Waals surface area (Å²) in [6.07, 6.45) is 0. The average molecular weight is 285 g/mol. The molecule has 0 bridgehead atoms. The highest BCUT2D eigenvalue weighted by atomic mass is 79.9. The number of ketones is 1. The van der Waals surface area contributed by atoms with E-state index in [4.69, 9.17) is 5.41 Å². The number of nitrogens with one attached hydrogen (secondary N) is 1. The largest absolute Gasteiger partial charge is 1.00 e. The van der Waals surface area contributed by atoms with E-state index in [1.807, 2.05) is 18.2 Å². The van der Waals surface area contributed by atoms with Crippen molar-refractivity contribution < 1.29 is 27.1 Å². The predicted molar refractivity (Wildman–Crippen MR) is 56.1 cm³/mol. The molecule has 0 aromatic heterocycles. The number of carbonyl (C=O) groups excluding carboxylic acids is 1. The molecule has 15 heavy (non-hydrogen) atoms. The summed E-state index contributed by atoms with van der Waals surface area (Å²) >= 11 is 1.27.